The number of pyridine rings is 1. The molecule has 0 aliphatic carbocycles. The van der Waals surface area contributed by atoms with E-state index in [1.165, 1.54) is 13.8 Å². The Bertz CT molecular complexity index is 1980. The van der Waals surface area contributed by atoms with Crippen molar-refractivity contribution in [1.82, 2.24) is 9.97 Å². The van der Waals surface area contributed by atoms with Crippen molar-refractivity contribution in [2.45, 2.75) is 40.2 Å². The summed E-state index contributed by atoms with van der Waals surface area (Å²) in [5.41, 5.74) is 4.63. The van der Waals surface area contributed by atoms with Crippen LogP contribution in [0.5, 0.6) is 5.75 Å². The summed E-state index contributed by atoms with van der Waals surface area (Å²) in [7, 11) is 3.93. The molecule has 2 heterocycles. The molecule has 2 aromatic heterocycles. The molecule has 0 aliphatic heterocycles. The van der Waals surface area contributed by atoms with Gasteiger partial charge in [-0.3, -0.25) is 14.5 Å². The number of hydrogen-bond donors (Lipinski definition) is 0. The highest BCUT2D eigenvalue weighted by Gasteiger charge is 2.24. The number of ketones is 2. The molecule has 11 heteroatoms. The highest BCUT2D eigenvalue weighted by Crippen LogP contribution is 2.34. The molecule has 0 spiro atoms. The van der Waals surface area contributed by atoms with Gasteiger partial charge in [0.2, 0.25) is 0 Å². The second-order valence-corrected chi connectivity index (χ2v) is 14.0. The Morgan fingerprint density at radius 3 is 2.12 bits per heavy atom. The zero-order valence-corrected chi connectivity index (χ0v) is 30.3. The smallest absolute Gasteiger partial charge is 0.414 e. The molecule has 0 N–H and O–H groups in total. The lowest BCUT2D eigenvalue weighted by molar-refractivity contribution is 0.0551. The first kappa shape index (κ1) is 36.2. The standard InChI is InChI=1S/C39H42N4O6S/c1-25(44)32-15-14-31(23-33(32)26(2)45)48-21-20-47-19-18-43(38(46)49-39(3,4)5)30-13-16-34-35(22-30)50-37(41-34)28-10-8-27(9-11-28)29-12-17-36(40-24-29)42(6)7/h8-17,22-24H,18-21H2,1-7H3. The lowest BCUT2D eigenvalue weighted by Gasteiger charge is -2.27. The summed E-state index contributed by atoms with van der Waals surface area (Å²) in [6, 6.07) is 22.9. The maximum absolute atomic E-state index is 13.3. The Morgan fingerprint density at radius 1 is 0.780 bits per heavy atom. The lowest BCUT2D eigenvalue weighted by Crippen LogP contribution is -2.39. The van der Waals surface area contributed by atoms with Crippen molar-refractivity contribution < 1.29 is 28.6 Å². The molecule has 10 nitrogen and oxygen atoms in total. The second-order valence-electron chi connectivity index (χ2n) is 13.0. The minimum Gasteiger partial charge on any atom is -0.491 e. The third kappa shape index (κ3) is 9.10. The molecule has 0 unspecified atom stereocenters. The summed E-state index contributed by atoms with van der Waals surface area (Å²) in [5, 5.41) is 0.878. The van der Waals surface area contributed by atoms with Gasteiger partial charge in [0.15, 0.2) is 11.6 Å². The SMILES string of the molecule is CC(=O)c1ccc(OCCOCCN(C(=O)OC(C)(C)C)c2ccc3nc(-c4ccc(-c5ccc(N(C)C)nc5)cc4)sc3c2)cc1C(C)=O. The molecule has 0 atom stereocenters. The normalized spacial score (nSPS) is 11.3. The van der Waals surface area contributed by atoms with Crippen LogP contribution >= 0.6 is 11.3 Å². The van der Waals surface area contributed by atoms with Crippen LogP contribution in [0.1, 0.15) is 55.3 Å². The number of Topliss-reactive ketones (excluding diaryl/α,β-unsaturated/α-hetero) is 2. The van der Waals surface area contributed by atoms with Crippen LogP contribution in [0.25, 0.3) is 31.9 Å². The summed E-state index contributed by atoms with van der Waals surface area (Å²) in [5.74, 6) is 0.990. The number of thiazole rings is 1. The maximum Gasteiger partial charge on any atom is 0.414 e. The minimum atomic E-state index is -0.681. The quantitative estimate of drug-likeness (QED) is 0.0887. The van der Waals surface area contributed by atoms with Gasteiger partial charge in [-0.25, -0.2) is 14.8 Å². The summed E-state index contributed by atoms with van der Waals surface area (Å²) in [4.78, 5) is 50.1. The molecule has 3 aromatic carbocycles. The Balaban J connectivity index is 1.24. The van der Waals surface area contributed by atoms with Gasteiger partial charge in [0, 0.05) is 48.2 Å². The van der Waals surface area contributed by atoms with Crippen molar-refractivity contribution in [3.8, 4) is 27.4 Å². The van der Waals surface area contributed by atoms with Gasteiger partial charge in [0.05, 0.1) is 30.0 Å². The van der Waals surface area contributed by atoms with E-state index in [-0.39, 0.29) is 37.9 Å². The molecule has 0 bridgehead atoms. The molecule has 0 aliphatic rings. The second kappa shape index (κ2) is 15.6. The van der Waals surface area contributed by atoms with E-state index in [1.807, 2.05) is 70.2 Å². The molecule has 5 rings (SSSR count). The van der Waals surface area contributed by atoms with E-state index in [0.717, 1.165) is 37.7 Å². The summed E-state index contributed by atoms with van der Waals surface area (Å²) in [6.07, 6.45) is 1.40. The largest absolute Gasteiger partial charge is 0.491 e. The van der Waals surface area contributed by atoms with Crippen LogP contribution in [-0.2, 0) is 9.47 Å². The highest BCUT2D eigenvalue weighted by molar-refractivity contribution is 7.21. The molecule has 5 aromatic rings. The fourth-order valence-corrected chi connectivity index (χ4v) is 6.17. The number of carbonyl (C=O) groups is 3. The van der Waals surface area contributed by atoms with Crippen LogP contribution in [0, 0.1) is 0 Å². The van der Waals surface area contributed by atoms with Crippen molar-refractivity contribution in [1.29, 1.82) is 0 Å². The van der Waals surface area contributed by atoms with Gasteiger partial charge in [-0.1, -0.05) is 24.3 Å². The number of ether oxygens (including phenoxy) is 3. The van der Waals surface area contributed by atoms with Crippen LogP contribution in [-0.4, -0.2) is 73.7 Å². The fraction of sp³-hybridized carbons (Fsp3) is 0.308. The van der Waals surface area contributed by atoms with Crippen LogP contribution in [0.4, 0.5) is 16.3 Å². The Morgan fingerprint density at radius 2 is 1.48 bits per heavy atom. The number of fused-ring (bicyclic) bond motifs is 1. The zero-order chi connectivity index (χ0) is 36.0. The molecule has 0 fully saturated rings. The van der Waals surface area contributed by atoms with Gasteiger partial charge >= 0.3 is 6.09 Å². The number of nitrogens with zero attached hydrogens (tertiary/aromatic N) is 4. The predicted molar refractivity (Wildman–Crippen MR) is 199 cm³/mol. The van der Waals surface area contributed by atoms with Gasteiger partial charge in [-0.05, 0) is 88.7 Å². The van der Waals surface area contributed by atoms with E-state index in [0.29, 0.717) is 22.6 Å². The third-order valence-electron chi connectivity index (χ3n) is 7.67. The van der Waals surface area contributed by atoms with Crippen molar-refractivity contribution in [3.05, 3.63) is 90.1 Å². The number of benzene rings is 3. The van der Waals surface area contributed by atoms with Crippen molar-refractivity contribution in [2.75, 3.05) is 50.3 Å². The average Bonchev–Trinajstić information content (AvgIpc) is 3.50. The fourth-order valence-electron chi connectivity index (χ4n) is 5.16. The number of amides is 1. The monoisotopic (exact) mass is 694 g/mol. The maximum atomic E-state index is 13.3. The van der Waals surface area contributed by atoms with Gasteiger partial charge in [0.1, 0.15) is 28.8 Å². The van der Waals surface area contributed by atoms with Crippen LogP contribution in [0.2, 0.25) is 0 Å². The number of anilines is 2. The first-order chi connectivity index (χ1) is 23.8. The van der Waals surface area contributed by atoms with Crippen molar-refractivity contribution in [2.24, 2.45) is 0 Å². The first-order valence-electron chi connectivity index (χ1n) is 16.3. The topological polar surface area (TPSA) is 111 Å². The summed E-state index contributed by atoms with van der Waals surface area (Å²) < 4.78 is 18.3. The number of aromatic nitrogens is 2. The van der Waals surface area contributed by atoms with E-state index in [9.17, 15) is 14.4 Å². The first-order valence-corrected chi connectivity index (χ1v) is 17.1. The zero-order valence-electron chi connectivity index (χ0n) is 29.5. The molecular formula is C39H42N4O6S. The van der Waals surface area contributed by atoms with Crippen molar-refractivity contribution in [3.63, 3.8) is 0 Å². The summed E-state index contributed by atoms with van der Waals surface area (Å²) in [6.45, 7) is 9.29. The van der Waals surface area contributed by atoms with Gasteiger partial charge in [-0.15, -0.1) is 11.3 Å². The molecule has 260 valence electrons. The van der Waals surface area contributed by atoms with E-state index in [4.69, 9.17) is 19.2 Å². The molecule has 1 amide bonds. The highest BCUT2D eigenvalue weighted by atomic mass is 32.1. The van der Waals surface area contributed by atoms with Crippen LogP contribution in [0.15, 0.2) is 79.0 Å². The molecule has 0 saturated heterocycles. The number of hydrogen-bond acceptors (Lipinski definition) is 10. The van der Waals surface area contributed by atoms with E-state index < -0.39 is 11.7 Å². The van der Waals surface area contributed by atoms with E-state index in [1.54, 1.807) is 34.4 Å². The lowest BCUT2D eigenvalue weighted by atomic mass is 10.0. The van der Waals surface area contributed by atoms with Gasteiger partial charge < -0.3 is 19.1 Å². The molecular weight excluding hydrogens is 653 g/mol. The molecule has 50 heavy (non-hydrogen) atoms. The average molecular weight is 695 g/mol. The van der Waals surface area contributed by atoms with Gasteiger partial charge in [0.25, 0.3) is 0 Å². The van der Waals surface area contributed by atoms with Crippen LogP contribution < -0.4 is 14.5 Å². The Hall–Kier alpha value is -5.13. The Kier molecular flexibility index (Phi) is 11.3. The predicted octanol–water partition coefficient (Wildman–Crippen LogP) is 8.33. The molecule has 0 saturated carbocycles. The minimum absolute atomic E-state index is 0.180. The van der Waals surface area contributed by atoms with E-state index in [2.05, 4.69) is 35.3 Å². The number of carbonyl (C=O) groups excluding carboxylic acids is 3. The number of rotatable bonds is 13. The Labute approximate surface area is 296 Å². The van der Waals surface area contributed by atoms with Gasteiger partial charge in [-0.2, -0.15) is 0 Å². The molecule has 0 radical (unpaired) electrons. The summed E-state index contributed by atoms with van der Waals surface area (Å²) >= 11 is 1.56. The third-order valence-corrected chi connectivity index (χ3v) is 8.74. The van der Waals surface area contributed by atoms with E-state index >= 15 is 0 Å². The van der Waals surface area contributed by atoms with Crippen LogP contribution in [0.3, 0.4) is 0 Å². The van der Waals surface area contributed by atoms with Crippen molar-refractivity contribution >= 4 is 50.7 Å².